The van der Waals surface area contributed by atoms with Gasteiger partial charge in [-0.3, -0.25) is 0 Å². The molecule has 0 aliphatic rings. The molecule has 1 aromatic heterocycles. The van der Waals surface area contributed by atoms with Gasteiger partial charge in [0.05, 0.1) is 12.8 Å². The fourth-order valence-corrected chi connectivity index (χ4v) is 2.75. The smallest absolute Gasteiger partial charge is 0.184 e. The highest BCUT2D eigenvalue weighted by Gasteiger charge is 2.16. The highest BCUT2D eigenvalue weighted by atomic mass is 35.5. The van der Waals surface area contributed by atoms with Crippen LogP contribution in [0.15, 0.2) is 11.4 Å². The second-order valence-corrected chi connectivity index (χ2v) is 5.47. The summed E-state index contributed by atoms with van der Waals surface area (Å²) in [6, 6.07) is 2.15. The van der Waals surface area contributed by atoms with Crippen molar-refractivity contribution in [3.8, 4) is 17.0 Å². The van der Waals surface area contributed by atoms with E-state index in [0.29, 0.717) is 4.47 Å². The molecule has 0 radical (unpaired) electrons. The molecule has 0 spiro atoms. The van der Waals surface area contributed by atoms with Gasteiger partial charge in [0.15, 0.2) is 4.47 Å². The number of nitrogens with zero attached hydrogens (tertiary/aromatic N) is 1. The summed E-state index contributed by atoms with van der Waals surface area (Å²) in [4.78, 5) is 4.33. The Balaban J connectivity index is 2.72. The Kier molecular flexibility index (Phi) is 3.40. The van der Waals surface area contributed by atoms with Gasteiger partial charge < -0.3 is 4.74 Å². The minimum absolute atomic E-state index is 0.555. The van der Waals surface area contributed by atoms with Crippen molar-refractivity contribution in [3.05, 3.63) is 32.6 Å². The SMILES string of the molecule is COc1c(C)c(C)cc(C)c1-c1csc(Cl)n1. The molecular formula is C13H14ClNOS. The van der Waals surface area contributed by atoms with E-state index >= 15 is 0 Å². The Morgan fingerprint density at radius 3 is 2.47 bits per heavy atom. The summed E-state index contributed by atoms with van der Waals surface area (Å²) in [5, 5.41) is 1.96. The van der Waals surface area contributed by atoms with E-state index in [1.54, 1.807) is 7.11 Å². The van der Waals surface area contributed by atoms with E-state index < -0.39 is 0 Å². The molecule has 2 nitrogen and oxygen atoms in total. The van der Waals surface area contributed by atoms with E-state index in [1.807, 2.05) is 5.38 Å². The molecule has 4 heteroatoms. The van der Waals surface area contributed by atoms with Gasteiger partial charge in [0, 0.05) is 10.9 Å². The standard InChI is InChI=1S/C13H14ClNOS/c1-7-5-8(2)11(12(16-4)9(7)3)10-6-17-13(14)15-10/h5-6H,1-4H3. The average molecular weight is 268 g/mol. The van der Waals surface area contributed by atoms with Crippen molar-refractivity contribution in [1.29, 1.82) is 0 Å². The van der Waals surface area contributed by atoms with E-state index in [1.165, 1.54) is 16.9 Å². The Morgan fingerprint density at radius 1 is 1.24 bits per heavy atom. The summed E-state index contributed by atoms with van der Waals surface area (Å²) in [5.41, 5.74) is 5.46. The first kappa shape index (κ1) is 12.4. The van der Waals surface area contributed by atoms with Crippen LogP contribution in [0, 0.1) is 20.8 Å². The molecule has 0 saturated carbocycles. The number of hydrogen-bond acceptors (Lipinski definition) is 3. The van der Waals surface area contributed by atoms with Crippen molar-refractivity contribution in [3.63, 3.8) is 0 Å². The molecule has 0 bridgehead atoms. The minimum Gasteiger partial charge on any atom is -0.496 e. The lowest BCUT2D eigenvalue weighted by Gasteiger charge is -2.15. The fraction of sp³-hybridized carbons (Fsp3) is 0.308. The molecular weight excluding hydrogens is 254 g/mol. The average Bonchev–Trinajstić information content (AvgIpc) is 2.69. The number of ether oxygens (including phenoxy) is 1. The van der Waals surface area contributed by atoms with Crippen LogP contribution in [0.3, 0.4) is 0 Å². The molecule has 0 N–H and O–H groups in total. The number of benzene rings is 1. The number of rotatable bonds is 2. The third-order valence-corrected chi connectivity index (χ3v) is 3.90. The van der Waals surface area contributed by atoms with Crippen LogP contribution in [0.2, 0.25) is 4.47 Å². The molecule has 0 aliphatic heterocycles. The third-order valence-electron chi connectivity index (χ3n) is 2.92. The summed E-state index contributed by atoms with van der Waals surface area (Å²) < 4.78 is 6.08. The van der Waals surface area contributed by atoms with E-state index in [-0.39, 0.29) is 0 Å². The molecule has 1 heterocycles. The quantitative estimate of drug-likeness (QED) is 0.805. The van der Waals surface area contributed by atoms with Gasteiger partial charge in [0.2, 0.25) is 0 Å². The van der Waals surface area contributed by atoms with Crippen molar-refractivity contribution >= 4 is 22.9 Å². The molecule has 17 heavy (non-hydrogen) atoms. The van der Waals surface area contributed by atoms with Gasteiger partial charge in [0.25, 0.3) is 0 Å². The topological polar surface area (TPSA) is 22.1 Å². The highest BCUT2D eigenvalue weighted by Crippen LogP contribution is 2.38. The first-order valence-corrected chi connectivity index (χ1v) is 6.56. The van der Waals surface area contributed by atoms with Gasteiger partial charge in [-0.15, -0.1) is 11.3 Å². The van der Waals surface area contributed by atoms with Crippen LogP contribution in [-0.4, -0.2) is 12.1 Å². The largest absolute Gasteiger partial charge is 0.496 e. The van der Waals surface area contributed by atoms with Crippen LogP contribution in [-0.2, 0) is 0 Å². The summed E-state index contributed by atoms with van der Waals surface area (Å²) in [6.07, 6.45) is 0. The molecule has 1 aromatic carbocycles. The zero-order valence-electron chi connectivity index (χ0n) is 10.3. The number of aromatic nitrogens is 1. The molecule has 2 aromatic rings. The zero-order chi connectivity index (χ0) is 12.6. The third kappa shape index (κ3) is 2.17. The maximum Gasteiger partial charge on any atom is 0.184 e. The lowest BCUT2D eigenvalue weighted by molar-refractivity contribution is 0.412. The van der Waals surface area contributed by atoms with Crippen LogP contribution in [0.25, 0.3) is 11.3 Å². The fourth-order valence-electron chi connectivity index (χ4n) is 1.99. The Morgan fingerprint density at radius 2 is 1.94 bits per heavy atom. The summed E-state index contributed by atoms with van der Waals surface area (Å²) in [5.74, 6) is 0.893. The minimum atomic E-state index is 0.555. The second-order valence-electron chi connectivity index (χ2n) is 4.03. The Hall–Kier alpha value is -1.06. The molecule has 0 saturated heterocycles. The van der Waals surface area contributed by atoms with Crippen LogP contribution >= 0.6 is 22.9 Å². The predicted octanol–water partition coefficient (Wildman–Crippen LogP) is 4.40. The predicted molar refractivity (Wildman–Crippen MR) is 73.3 cm³/mol. The number of thiazole rings is 1. The van der Waals surface area contributed by atoms with Gasteiger partial charge in [-0.2, -0.15) is 0 Å². The monoisotopic (exact) mass is 267 g/mol. The molecule has 0 amide bonds. The van der Waals surface area contributed by atoms with Crippen LogP contribution in [0.4, 0.5) is 0 Å². The van der Waals surface area contributed by atoms with Crippen molar-refractivity contribution in [1.82, 2.24) is 4.98 Å². The number of methoxy groups -OCH3 is 1. The maximum atomic E-state index is 5.90. The van der Waals surface area contributed by atoms with E-state index in [4.69, 9.17) is 16.3 Å². The molecule has 0 aliphatic carbocycles. The molecule has 90 valence electrons. The van der Waals surface area contributed by atoms with Crippen LogP contribution < -0.4 is 4.74 Å². The van der Waals surface area contributed by atoms with Gasteiger partial charge >= 0.3 is 0 Å². The summed E-state index contributed by atoms with van der Waals surface area (Å²) >= 11 is 7.33. The number of aryl methyl sites for hydroxylation is 2. The highest BCUT2D eigenvalue weighted by molar-refractivity contribution is 7.14. The molecule has 0 fully saturated rings. The lowest BCUT2D eigenvalue weighted by Crippen LogP contribution is -1.97. The van der Waals surface area contributed by atoms with Gasteiger partial charge in [-0.1, -0.05) is 17.7 Å². The Bertz CT molecular complexity index is 563. The summed E-state index contributed by atoms with van der Waals surface area (Å²) in [6.45, 7) is 6.21. The van der Waals surface area contributed by atoms with E-state index in [0.717, 1.165) is 28.1 Å². The number of halogens is 1. The van der Waals surface area contributed by atoms with E-state index in [9.17, 15) is 0 Å². The normalized spacial score (nSPS) is 10.6. The van der Waals surface area contributed by atoms with Crippen molar-refractivity contribution < 1.29 is 4.74 Å². The maximum absolute atomic E-state index is 5.90. The zero-order valence-corrected chi connectivity index (χ0v) is 11.9. The van der Waals surface area contributed by atoms with Crippen LogP contribution in [0.5, 0.6) is 5.75 Å². The first-order chi connectivity index (χ1) is 8.04. The van der Waals surface area contributed by atoms with Gasteiger partial charge in [-0.05, 0) is 37.5 Å². The van der Waals surface area contributed by atoms with Gasteiger partial charge in [-0.25, -0.2) is 4.98 Å². The molecule has 0 atom stereocenters. The molecule has 0 unspecified atom stereocenters. The number of hydrogen-bond donors (Lipinski definition) is 0. The van der Waals surface area contributed by atoms with Crippen molar-refractivity contribution in [2.24, 2.45) is 0 Å². The van der Waals surface area contributed by atoms with Crippen LogP contribution in [0.1, 0.15) is 16.7 Å². The molecule has 2 rings (SSSR count). The second kappa shape index (κ2) is 4.67. The summed E-state index contributed by atoms with van der Waals surface area (Å²) in [7, 11) is 1.69. The van der Waals surface area contributed by atoms with E-state index in [2.05, 4.69) is 31.8 Å². The van der Waals surface area contributed by atoms with Gasteiger partial charge in [0.1, 0.15) is 5.75 Å². The van der Waals surface area contributed by atoms with Crippen molar-refractivity contribution in [2.45, 2.75) is 20.8 Å². The lowest BCUT2D eigenvalue weighted by atomic mass is 9.97. The Labute approximate surface area is 110 Å². The van der Waals surface area contributed by atoms with Crippen molar-refractivity contribution in [2.75, 3.05) is 7.11 Å². The first-order valence-electron chi connectivity index (χ1n) is 5.30.